The first-order chi connectivity index (χ1) is 13.4. The van der Waals surface area contributed by atoms with Crippen molar-refractivity contribution in [1.29, 1.82) is 0 Å². The van der Waals surface area contributed by atoms with Crippen LogP contribution in [0.5, 0.6) is 5.75 Å². The maximum absolute atomic E-state index is 13.0. The Morgan fingerprint density at radius 2 is 1.89 bits per heavy atom. The van der Waals surface area contributed by atoms with Crippen LogP contribution in [0.1, 0.15) is 5.56 Å². The van der Waals surface area contributed by atoms with E-state index in [0.29, 0.717) is 16.6 Å². The lowest BCUT2D eigenvalue weighted by molar-refractivity contribution is -0.137. The lowest BCUT2D eigenvalue weighted by Gasteiger charge is -2.13. The van der Waals surface area contributed by atoms with Crippen molar-refractivity contribution in [3.05, 3.63) is 54.1 Å². The third-order valence-electron chi connectivity index (χ3n) is 3.59. The Morgan fingerprint density at radius 1 is 1.18 bits per heavy atom. The molecular formula is C17H14F3N5O2S. The minimum absolute atomic E-state index is 0.179. The van der Waals surface area contributed by atoms with Gasteiger partial charge in [-0.2, -0.15) is 17.9 Å². The lowest BCUT2D eigenvalue weighted by atomic mass is 10.1. The smallest absolute Gasteiger partial charge is 0.418 e. The molecule has 1 N–H and O–H groups in total. The van der Waals surface area contributed by atoms with E-state index >= 15 is 0 Å². The molecule has 0 aliphatic carbocycles. The van der Waals surface area contributed by atoms with Gasteiger partial charge < -0.3 is 10.1 Å². The fraction of sp³-hybridized carbons (Fsp3) is 0.176. The SMILES string of the molecule is COc1ccccc1-n1nnnc1SCC(=O)Nc1ccccc1C(F)(F)F. The quantitative estimate of drug-likeness (QED) is 0.629. The molecule has 3 rings (SSSR count). The Labute approximate surface area is 161 Å². The molecule has 1 heterocycles. The molecule has 0 radical (unpaired) electrons. The number of rotatable bonds is 6. The van der Waals surface area contributed by atoms with Gasteiger partial charge in [0.1, 0.15) is 11.4 Å². The van der Waals surface area contributed by atoms with Gasteiger partial charge in [0.05, 0.1) is 24.1 Å². The van der Waals surface area contributed by atoms with Crippen LogP contribution in [0.15, 0.2) is 53.7 Å². The Balaban J connectivity index is 1.71. The third kappa shape index (κ3) is 4.42. The second-order valence-corrected chi connectivity index (χ2v) is 6.37. The van der Waals surface area contributed by atoms with Crippen molar-refractivity contribution in [2.45, 2.75) is 11.3 Å². The van der Waals surface area contributed by atoms with Crippen LogP contribution in [0.25, 0.3) is 5.69 Å². The second kappa shape index (κ2) is 8.30. The van der Waals surface area contributed by atoms with Gasteiger partial charge in [-0.05, 0) is 34.7 Å². The number of nitrogens with one attached hydrogen (secondary N) is 1. The first kappa shape index (κ1) is 19.7. The van der Waals surface area contributed by atoms with Crippen LogP contribution >= 0.6 is 11.8 Å². The number of ether oxygens (including phenoxy) is 1. The highest BCUT2D eigenvalue weighted by Gasteiger charge is 2.33. The highest BCUT2D eigenvalue weighted by molar-refractivity contribution is 7.99. The number of carbonyl (C=O) groups is 1. The van der Waals surface area contributed by atoms with Crippen LogP contribution < -0.4 is 10.1 Å². The van der Waals surface area contributed by atoms with Gasteiger partial charge in [-0.1, -0.05) is 36.0 Å². The Bertz CT molecular complexity index is 977. The van der Waals surface area contributed by atoms with Crippen LogP contribution in [0.2, 0.25) is 0 Å². The van der Waals surface area contributed by atoms with Gasteiger partial charge in [-0.25, -0.2) is 0 Å². The number of para-hydroxylation sites is 3. The van der Waals surface area contributed by atoms with Gasteiger partial charge in [0.2, 0.25) is 11.1 Å². The maximum atomic E-state index is 13.0. The minimum atomic E-state index is -4.56. The molecule has 0 aliphatic heterocycles. The summed E-state index contributed by atoms with van der Waals surface area (Å²) in [5.41, 5.74) is -0.641. The fourth-order valence-corrected chi connectivity index (χ4v) is 3.06. The average Bonchev–Trinajstić information content (AvgIpc) is 3.14. The number of anilines is 1. The molecule has 0 spiro atoms. The van der Waals surface area contributed by atoms with Gasteiger partial charge >= 0.3 is 6.18 Å². The molecule has 28 heavy (non-hydrogen) atoms. The van der Waals surface area contributed by atoms with Crippen LogP contribution in [0, 0.1) is 0 Å². The van der Waals surface area contributed by atoms with Crippen molar-refractivity contribution < 1.29 is 22.7 Å². The number of carbonyl (C=O) groups excluding carboxylic acids is 1. The lowest BCUT2D eigenvalue weighted by Crippen LogP contribution is -2.18. The molecule has 0 bridgehead atoms. The van der Waals surface area contributed by atoms with Crippen LogP contribution in [0.3, 0.4) is 0 Å². The Kier molecular flexibility index (Phi) is 5.83. The summed E-state index contributed by atoms with van der Waals surface area (Å²) < 4.78 is 45.7. The topological polar surface area (TPSA) is 81.9 Å². The van der Waals surface area contributed by atoms with Crippen molar-refractivity contribution in [2.75, 3.05) is 18.2 Å². The standard InChI is InChI=1S/C17H14F3N5O2S/c1-27-14-9-5-4-8-13(14)25-16(22-23-24-25)28-10-15(26)21-12-7-3-2-6-11(12)17(18,19)20/h2-9H,10H2,1H3,(H,21,26). The van der Waals surface area contributed by atoms with Crippen LogP contribution in [0.4, 0.5) is 18.9 Å². The molecule has 0 aliphatic rings. The molecule has 0 atom stereocenters. The average molecular weight is 409 g/mol. The number of benzene rings is 2. The first-order valence-electron chi connectivity index (χ1n) is 7.91. The van der Waals surface area contributed by atoms with Crippen molar-refractivity contribution in [1.82, 2.24) is 20.2 Å². The highest BCUT2D eigenvalue weighted by atomic mass is 32.2. The van der Waals surface area contributed by atoms with E-state index in [1.165, 1.54) is 30.0 Å². The van der Waals surface area contributed by atoms with Gasteiger partial charge in [0, 0.05) is 0 Å². The number of hydrogen-bond donors (Lipinski definition) is 1. The van der Waals surface area contributed by atoms with Gasteiger partial charge in [-0.3, -0.25) is 4.79 Å². The summed E-state index contributed by atoms with van der Waals surface area (Å²) in [6.45, 7) is 0. The van der Waals surface area contributed by atoms with Crippen molar-refractivity contribution in [2.24, 2.45) is 0 Å². The summed E-state index contributed by atoms with van der Waals surface area (Å²) in [6.07, 6.45) is -4.56. The minimum Gasteiger partial charge on any atom is -0.494 e. The molecule has 0 saturated carbocycles. The predicted octanol–water partition coefficient (Wildman–Crippen LogP) is 3.42. The fourth-order valence-electron chi connectivity index (χ4n) is 2.38. The summed E-state index contributed by atoms with van der Waals surface area (Å²) in [5, 5.41) is 13.9. The zero-order valence-corrected chi connectivity index (χ0v) is 15.3. The number of hydrogen-bond acceptors (Lipinski definition) is 6. The number of aromatic nitrogens is 4. The third-order valence-corrected chi connectivity index (χ3v) is 4.51. The predicted molar refractivity (Wildman–Crippen MR) is 96.5 cm³/mol. The summed E-state index contributed by atoms with van der Waals surface area (Å²) in [4.78, 5) is 12.2. The molecule has 3 aromatic rings. The largest absolute Gasteiger partial charge is 0.494 e. The van der Waals surface area contributed by atoms with Gasteiger partial charge in [0.25, 0.3) is 0 Å². The molecule has 1 amide bonds. The van der Waals surface area contributed by atoms with E-state index < -0.39 is 17.6 Å². The Morgan fingerprint density at radius 3 is 2.64 bits per heavy atom. The summed E-state index contributed by atoms with van der Waals surface area (Å²) in [7, 11) is 1.50. The van der Waals surface area contributed by atoms with E-state index in [2.05, 4.69) is 20.8 Å². The van der Waals surface area contributed by atoms with Crippen molar-refractivity contribution in [3.63, 3.8) is 0 Å². The zero-order valence-electron chi connectivity index (χ0n) is 14.5. The van der Waals surface area contributed by atoms with E-state index in [0.717, 1.165) is 17.8 Å². The van der Waals surface area contributed by atoms with Crippen molar-refractivity contribution >= 4 is 23.4 Å². The molecule has 11 heteroatoms. The number of alkyl halides is 3. The molecule has 2 aromatic carbocycles. The Hall–Kier alpha value is -3.08. The number of methoxy groups -OCH3 is 1. The molecule has 7 nitrogen and oxygen atoms in total. The monoisotopic (exact) mass is 409 g/mol. The molecule has 1 aromatic heterocycles. The van der Waals surface area contributed by atoms with E-state index in [1.807, 2.05) is 0 Å². The molecule has 0 unspecified atom stereocenters. The second-order valence-electron chi connectivity index (χ2n) is 5.43. The van der Waals surface area contributed by atoms with E-state index in [9.17, 15) is 18.0 Å². The van der Waals surface area contributed by atoms with E-state index in [4.69, 9.17) is 4.74 Å². The number of amides is 1. The molecular weight excluding hydrogens is 395 g/mol. The van der Waals surface area contributed by atoms with E-state index in [-0.39, 0.29) is 11.4 Å². The number of halogens is 3. The summed E-state index contributed by atoms with van der Waals surface area (Å²) in [5.74, 6) is -0.265. The van der Waals surface area contributed by atoms with E-state index in [1.54, 1.807) is 24.3 Å². The van der Waals surface area contributed by atoms with Gasteiger partial charge in [-0.15, -0.1) is 5.10 Å². The van der Waals surface area contributed by atoms with Crippen LogP contribution in [-0.2, 0) is 11.0 Å². The first-order valence-corrected chi connectivity index (χ1v) is 8.89. The number of nitrogens with zero attached hydrogens (tertiary/aromatic N) is 4. The zero-order chi connectivity index (χ0) is 20.1. The molecule has 0 saturated heterocycles. The van der Waals surface area contributed by atoms with Crippen LogP contribution in [-0.4, -0.2) is 39.0 Å². The molecule has 0 fully saturated rings. The normalized spacial score (nSPS) is 11.3. The van der Waals surface area contributed by atoms with Gasteiger partial charge in [0.15, 0.2) is 0 Å². The number of tetrazole rings is 1. The molecule has 146 valence electrons. The van der Waals surface area contributed by atoms with Crippen molar-refractivity contribution in [3.8, 4) is 11.4 Å². The summed E-state index contributed by atoms with van der Waals surface area (Å²) >= 11 is 0.986. The highest BCUT2D eigenvalue weighted by Crippen LogP contribution is 2.34. The maximum Gasteiger partial charge on any atom is 0.418 e. The summed E-state index contributed by atoms with van der Waals surface area (Å²) in [6, 6.07) is 11.8. The number of thioether (sulfide) groups is 1.